The van der Waals surface area contributed by atoms with Crippen LogP contribution in [0, 0.1) is 0 Å². The Balaban J connectivity index is 1.59. The molecule has 124 valence electrons. The molecule has 4 rings (SSSR count). The predicted molar refractivity (Wildman–Crippen MR) is 96.5 cm³/mol. The number of hydrogen-bond acceptors (Lipinski definition) is 5. The number of phenols is 1. The summed E-state index contributed by atoms with van der Waals surface area (Å²) in [6.07, 6.45) is 8.05. The van der Waals surface area contributed by atoms with Crippen LogP contribution < -0.4 is 5.32 Å². The highest BCUT2D eigenvalue weighted by atomic mass is 16.3. The molecule has 0 radical (unpaired) electrons. The van der Waals surface area contributed by atoms with E-state index in [4.69, 9.17) is 0 Å². The SMILES string of the molecule is Oc1cccc(-c2cnn3c(NCCc4cccnc4)ccnc23)c1. The first-order chi connectivity index (χ1) is 12.3. The van der Waals surface area contributed by atoms with Gasteiger partial charge < -0.3 is 10.4 Å². The lowest BCUT2D eigenvalue weighted by Gasteiger charge is -2.08. The van der Waals surface area contributed by atoms with Crippen LogP contribution in [0.4, 0.5) is 5.82 Å². The molecule has 0 amide bonds. The third-order valence-corrected chi connectivity index (χ3v) is 4.00. The zero-order valence-corrected chi connectivity index (χ0v) is 13.5. The summed E-state index contributed by atoms with van der Waals surface area (Å²) in [6.45, 7) is 0.770. The fourth-order valence-corrected chi connectivity index (χ4v) is 2.78. The normalized spacial score (nSPS) is 10.9. The minimum Gasteiger partial charge on any atom is -0.508 e. The van der Waals surface area contributed by atoms with Gasteiger partial charge in [0.25, 0.3) is 0 Å². The molecule has 0 saturated carbocycles. The molecule has 6 heteroatoms. The Bertz CT molecular complexity index is 997. The van der Waals surface area contributed by atoms with Crippen molar-refractivity contribution in [3.8, 4) is 16.9 Å². The monoisotopic (exact) mass is 331 g/mol. The molecule has 2 N–H and O–H groups in total. The lowest BCUT2D eigenvalue weighted by Crippen LogP contribution is -2.09. The fraction of sp³-hybridized carbons (Fsp3) is 0.105. The summed E-state index contributed by atoms with van der Waals surface area (Å²) in [6, 6.07) is 13.0. The number of phenolic OH excluding ortho intramolecular Hbond substituents is 1. The largest absolute Gasteiger partial charge is 0.508 e. The molecule has 0 atom stereocenters. The summed E-state index contributed by atoms with van der Waals surface area (Å²) in [4.78, 5) is 8.57. The third-order valence-electron chi connectivity index (χ3n) is 4.00. The molecule has 0 spiro atoms. The van der Waals surface area contributed by atoms with Crippen molar-refractivity contribution in [2.75, 3.05) is 11.9 Å². The molecular weight excluding hydrogens is 314 g/mol. The second-order valence-corrected chi connectivity index (χ2v) is 5.71. The number of aromatic hydroxyl groups is 1. The summed E-state index contributed by atoms with van der Waals surface area (Å²) >= 11 is 0. The van der Waals surface area contributed by atoms with Gasteiger partial charge in [0.1, 0.15) is 11.6 Å². The van der Waals surface area contributed by atoms with E-state index in [1.54, 1.807) is 35.2 Å². The lowest BCUT2D eigenvalue weighted by atomic mass is 10.1. The maximum Gasteiger partial charge on any atom is 0.165 e. The summed E-state index contributed by atoms with van der Waals surface area (Å²) in [5.41, 5.74) is 3.69. The van der Waals surface area contributed by atoms with Crippen molar-refractivity contribution in [1.82, 2.24) is 19.6 Å². The van der Waals surface area contributed by atoms with Crippen LogP contribution >= 0.6 is 0 Å². The minimum atomic E-state index is 0.225. The van der Waals surface area contributed by atoms with Gasteiger partial charge in [-0.05, 0) is 41.8 Å². The Morgan fingerprint density at radius 1 is 1.04 bits per heavy atom. The van der Waals surface area contributed by atoms with E-state index < -0.39 is 0 Å². The van der Waals surface area contributed by atoms with Crippen LogP contribution in [0.15, 0.2) is 67.3 Å². The first kappa shape index (κ1) is 15.1. The molecule has 0 fully saturated rings. The molecule has 25 heavy (non-hydrogen) atoms. The van der Waals surface area contributed by atoms with E-state index in [-0.39, 0.29) is 5.75 Å². The van der Waals surface area contributed by atoms with Gasteiger partial charge >= 0.3 is 0 Å². The maximum absolute atomic E-state index is 9.70. The molecule has 3 aromatic heterocycles. The van der Waals surface area contributed by atoms with Crippen LogP contribution in [0.5, 0.6) is 5.75 Å². The lowest BCUT2D eigenvalue weighted by molar-refractivity contribution is 0.475. The minimum absolute atomic E-state index is 0.225. The highest BCUT2D eigenvalue weighted by molar-refractivity contribution is 5.78. The quantitative estimate of drug-likeness (QED) is 0.587. The number of rotatable bonds is 5. The van der Waals surface area contributed by atoms with Crippen LogP contribution in [-0.2, 0) is 6.42 Å². The molecule has 0 aliphatic carbocycles. The van der Waals surface area contributed by atoms with Gasteiger partial charge in [-0.25, -0.2) is 4.98 Å². The Morgan fingerprint density at radius 3 is 2.84 bits per heavy atom. The summed E-state index contributed by atoms with van der Waals surface area (Å²) < 4.78 is 1.78. The molecule has 0 unspecified atom stereocenters. The molecule has 0 saturated heterocycles. The molecule has 0 aliphatic heterocycles. The van der Waals surface area contributed by atoms with Gasteiger partial charge in [-0.15, -0.1) is 0 Å². The first-order valence-corrected chi connectivity index (χ1v) is 8.06. The number of benzene rings is 1. The second kappa shape index (κ2) is 6.60. The van der Waals surface area contributed by atoms with Gasteiger partial charge in [0.15, 0.2) is 5.65 Å². The summed E-state index contributed by atoms with van der Waals surface area (Å²) in [5.74, 6) is 1.10. The first-order valence-electron chi connectivity index (χ1n) is 8.06. The number of anilines is 1. The van der Waals surface area contributed by atoms with Crippen molar-refractivity contribution in [2.45, 2.75) is 6.42 Å². The Morgan fingerprint density at radius 2 is 2.00 bits per heavy atom. The van der Waals surface area contributed by atoms with Crippen molar-refractivity contribution < 1.29 is 5.11 Å². The molecule has 1 aromatic carbocycles. The molecule has 0 bridgehead atoms. The van der Waals surface area contributed by atoms with Crippen molar-refractivity contribution in [3.63, 3.8) is 0 Å². The van der Waals surface area contributed by atoms with E-state index in [1.165, 1.54) is 5.56 Å². The molecule has 0 aliphatic rings. The van der Waals surface area contributed by atoms with Crippen molar-refractivity contribution in [1.29, 1.82) is 0 Å². The standard InChI is InChI=1S/C19H17N5O/c25-16-5-1-4-15(11-16)17-13-23-24-18(7-10-22-19(17)24)21-9-6-14-3-2-8-20-12-14/h1-5,7-8,10-13,21,25H,6,9H2. The van der Waals surface area contributed by atoms with E-state index in [2.05, 4.69) is 26.4 Å². The van der Waals surface area contributed by atoms with Crippen molar-refractivity contribution in [2.24, 2.45) is 0 Å². The van der Waals surface area contributed by atoms with E-state index in [0.29, 0.717) is 0 Å². The number of pyridine rings is 1. The topological polar surface area (TPSA) is 75.3 Å². The van der Waals surface area contributed by atoms with Gasteiger partial charge in [0, 0.05) is 30.7 Å². The summed E-state index contributed by atoms with van der Waals surface area (Å²) in [7, 11) is 0. The molecule has 4 aromatic rings. The van der Waals surface area contributed by atoms with Gasteiger partial charge in [0.2, 0.25) is 0 Å². The van der Waals surface area contributed by atoms with Crippen LogP contribution in [0.25, 0.3) is 16.8 Å². The smallest absolute Gasteiger partial charge is 0.165 e. The highest BCUT2D eigenvalue weighted by Gasteiger charge is 2.10. The van der Waals surface area contributed by atoms with Crippen molar-refractivity contribution in [3.05, 3.63) is 72.8 Å². The third kappa shape index (κ3) is 3.14. The van der Waals surface area contributed by atoms with E-state index >= 15 is 0 Å². The Hall–Kier alpha value is -3.41. The average Bonchev–Trinajstić information content (AvgIpc) is 3.08. The van der Waals surface area contributed by atoms with E-state index in [0.717, 1.165) is 35.6 Å². The van der Waals surface area contributed by atoms with E-state index in [1.807, 2.05) is 30.5 Å². The number of nitrogens with zero attached hydrogens (tertiary/aromatic N) is 4. The van der Waals surface area contributed by atoms with E-state index in [9.17, 15) is 5.11 Å². The number of fused-ring (bicyclic) bond motifs is 1. The van der Waals surface area contributed by atoms with Gasteiger partial charge in [0.05, 0.1) is 6.20 Å². The maximum atomic E-state index is 9.70. The van der Waals surface area contributed by atoms with Gasteiger partial charge in [-0.3, -0.25) is 4.98 Å². The molecule has 3 heterocycles. The zero-order valence-electron chi connectivity index (χ0n) is 13.5. The number of nitrogens with one attached hydrogen (secondary N) is 1. The highest BCUT2D eigenvalue weighted by Crippen LogP contribution is 2.27. The number of aromatic nitrogens is 4. The van der Waals surface area contributed by atoms with Crippen LogP contribution in [0.3, 0.4) is 0 Å². The fourth-order valence-electron chi connectivity index (χ4n) is 2.78. The van der Waals surface area contributed by atoms with Crippen molar-refractivity contribution >= 4 is 11.5 Å². The zero-order chi connectivity index (χ0) is 17.1. The van der Waals surface area contributed by atoms with Crippen LogP contribution in [0.2, 0.25) is 0 Å². The Labute approximate surface area is 144 Å². The van der Waals surface area contributed by atoms with Crippen LogP contribution in [0.1, 0.15) is 5.56 Å². The predicted octanol–water partition coefficient (Wildman–Crippen LogP) is 3.15. The molecule has 6 nitrogen and oxygen atoms in total. The van der Waals surface area contributed by atoms with Gasteiger partial charge in [-0.1, -0.05) is 18.2 Å². The Kier molecular flexibility index (Phi) is 4.00. The average molecular weight is 331 g/mol. The van der Waals surface area contributed by atoms with Gasteiger partial charge in [-0.2, -0.15) is 9.61 Å². The number of hydrogen-bond donors (Lipinski definition) is 2. The summed E-state index contributed by atoms with van der Waals surface area (Å²) in [5, 5.41) is 17.5. The second-order valence-electron chi connectivity index (χ2n) is 5.71. The molecular formula is C19H17N5O. The van der Waals surface area contributed by atoms with Crippen LogP contribution in [-0.4, -0.2) is 31.2 Å².